The fourth-order valence-electron chi connectivity index (χ4n) is 4.73. The van der Waals surface area contributed by atoms with Crippen molar-refractivity contribution in [2.75, 3.05) is 19.6 Å². The maximum absolute atomic E-state index is 12.7. The van der Waals surface area contributed by atoms with Crippen LogP contribution in [-0.2, 0) is 27.8 Å². The Labute approximate surface area is 178 Å². The van der Waals surface area contributed by atoms with Crippen LogP contribution in [0.4, 0.5) is 0 Å². The van der Waals surface area contributed by atoms with Crippen molar-refractivity contribution >= 4 is 15.9 Å². The van der Waals surface area contributed by atoms with E-state index in [2.05, 4.69) is 34.5 Å². The normalized spacial score (nSPS) is 21.9. The van der Waals surface area contributed by atoms with Crippen LogP contribution in [0.25, 0.3) is 0 Å². The van der Waals surface area contributed by atoms with Gasteiger partial charge < -0.3 is 10.2 Å². The third kappa shape index (κ3) is 4.91. The summed E-state index contributed by atoms with van der Waals surface area (Å²) in [7, 11) is -3.74. The van der Waals surface area contributed by atoms with Gasteiger partial charge in [0.25, 0.3) is 0 Å². The van der Waals surface area contributed by atoms with Gasteiger partial charge in [-0.15, -0.1) is 0 Å². The molecule has 0 saturated carbocycles. The zero-order valence-electron chi connectivity index (χ0n) is 17.1. The topological polar surface area (TPSA) is 92.5 Å². The molecule has 0 aromatic heterocycles. The Morgan fingerprint density at radius 1 is 1.13 bits per heavy atom. The number of carbonyl (C=O) groups is 1. The molecule has 0 bridgehead atoms. The lowest BCUT2D eigenvalue weighted by Gasteiger charge is -2.29. The summed E-state index contributed by atoms with van der Waals surface area (Å²) in [6.45, 7) is 3.03. The molecule has 7 heteroatoms. The predicted octanol–water partition coefficient (Wildman–Crippen LogP) is 2.39. The van der Waals surface area contributed by atoms with Crippen LogP contribution in [-0.4, -0.2) is 38.9 Å². The Morgan fingerprint density at radius 2 is 1.97 bits per heavy atom. The summed E-state index contributed by atoms with van der Waals surface area (Å²) in [5.41, 5.74) is 3.68. The molecule has 6 nitrogen and oxygen atoms in total. The molecule has 0 spiro atoms. The van der Waals surface area contributed by atoms with E-state index in [1.54, 1.807) is 12.1 Å². The average molecular weight is 428 g/mol. The number of aryl methyl sites for hydroxylation is 1. The number of primary sulfonamides is 1. The molecule has 1 saturated heterocycles. The number of nitrogens with two attached hydrogens (primary N) is 1. The van der Waals surface area contributed by atoms with Gasteiger partial charge in [0, 0.05) is 19.6 Å². The van der Waals surface area contributed by atoms with Gasteiger partial charge in [0.05, 0.1) is 10.8 Å². The largest absolute Gasteiger partial charge is 0.352 e. The summed E-state index contributed by atoms with van der Waals surface area (Å²) in [6, 6.07) is 15.1. The lowest BCUT2D eigenvalue weighted by Crippen LogP contribution is -2.34. The third-order valence-corrected chi connectivity index (χ3v) is 7.22. The smallest absolute Gasteiger partial charge is 0.238 e. The van der Waals surface area contributed by atoms with E-state index in [1.807, 2.05) is 0 Å². The first kappa shape index (κ1) is 21.0. The number of carbonyl (C=O) groups excluding carboxylic acids is 1. The Kier molecular flexibility index (Phi) is 6.22. The van der Waals surface area contributed by atoms with Crippen molar-refractivity contribution in [3.05, 3.63) is 65.2 Å². The van der Waals surface area contributed by atoms with Crippen molar-refractivity contribution in [3.8, 4) is 0 Å². The summed E-state index contributed by atoms with van der Waals surface area (Å²) in [4.78, 5) is 15.1. The fraction of sp³-hybridized carbons (Fsp3) is 0.435. The molecule has 1 aliphatic carbocycles. The molecule has 2 atom stereocenters. The lowest BCUT2D eigenvalue weighted by molar-refractivity contribution is -0.124. The number of hydrogen-bond donors (Lipinski definition) is 2. The minimum Gasteiger partial charge on any atom is -0.352 e. The van der Waals surface area contributed by atoms with Crippen LogP contribution in [0.15, 0.2) is 53.4 Å². The van der Waals surface area contributed by atoms with Crippen LogP contribution >= 0.6 is 0 Å². The van der Waals surface area contributed by atoms with Crippen molar-refractivity contribution in [3.63, 3.8) is 0 Å². The molecule has 1 amide bonds. The summed E-state index contributed by atoms with van der Waals surface area (Å²) < 4.78 is 23.0. The minimum absolute atomic E-state index is 0.0229. The van der Waals surface area contributed by atoms with E-state index in [1.165, 1.54) is 42.5 Å². The number of amides is 1. The van der Waals surface area contributed by atoms with Crippen molar-refractivity contribution in [2.24, 2.45) is 11.1 Å². The molecule has 160 valence electrons. The monoisotopic (exact) mass is 427 g/mol. The van der Waals surface area contributed by atoms with Gasteiger partial charge in [0.2, 0.25) is 15.9 Å². The molecule has 1 aliphatic heterocycles. The highest BCUT2D eigenvalue weighted by atomic mass is 32.2. The molecule has 30 heavy (non-hydrogen) atoms. The number of benzene rings is 2. The van der Waals surface area contributed by atoms with Gasteiger partial charge in [-0.2, -0.15) is 0 Å². The minimum atomic E-state index is -3.74. The van der Waals surface area contributed by atoms with Gasteiger partial charge in [-0.3, -0.25) is 4.79 Å². The molecule has 0 unspecified atom stereocenters. The fourth-order valence-corrected chi connectivity index (χ4v) is 5.32. The van der Waals surface area contributed by atoms with Crippen molar-refractivity contribution in [1.82, 2.24) is 10.2 Å². The van der Waals surface area contributed by atoms with Gasteiger partial charge in [0.15, 0.2) is 0 Å². The Morgan fingerprint density at radius 3 is 2.80 bits per heavy atom. The number of rotatable bonds is 6. The summed E-state index contributed by atoms with van der Waals surface area (Å²) in [5, 5.41) is 8.14. The number of nitrogens with zero attached hydrogens (tertiary/aromatic N) is 1. The summed E-state index contributed by atoms with van der Waals surface area (Å²) in [6.07, 6.45) is 4.48. The lowest BCUT2D eigenvalue weighted by atomic mass is 9.82. The van der Waals surface area contributed by atoms with Crippen LogP contribution < -0.4 is 10.5 Å². The van der Waals surface area contributed by atoms with E-state index in [9.17, 15) is 13.2 Å². The van der Waals surface area contributed by atoms with Gasteiger partial charge in [-0.1, -0.05) is 36.4 Å². The highest BCUT2D eigenvalue weighted by Gasteiger charge is 2.30. The van der Waals surface area contributed by atoms with E-state index in [0.717, 1.165) is 31.6 Å². The second-order valence-electron chi connectivity index (χ2n) is 8.44. The quantitative estimate of drug-likeness (QED) is 0.740. The van der Waals surface area contributed by atoms with Crippen molar-refractivity contribution in [2.45, 2.75) is 43.0 Å². The zero-order chi connectivity index (χ0) is 21.1. The van der Waals surface area contributed by atoms with Gasteiger partial charge >= 0.3 is 0 Å². The molecule has 2 aliphatic rings. The van der Waals surface area contributed by atoms with E-state index >= 15 is 0 Å². The Balaban J connectivity index is 1.30. The molecule has 1 heterocycles. The highest BCUT2D eigenvalue weighted by molar-refractivity contribution is 7.89. The molecular formula is C23H29N3O3S. The first-order valence-corrected chi connectivity index (χ1v) is 12.1. The van der Waals surface area contributed by atoms with Gasteiger partial charge in [-0.25, -0.2) is 13.6 Å². The van der Waals surface area contributed by atoms with Gasteiger partial charge in [-0.05, 0) is 67.0 Å². The van der Waals surface area contributed by atoms with Crippen LogP contribution in [0.3, 0.4) is 0 Å². The maximum atomic E-state index is 12.7. The molecular weight excluding hydrogens is 398 g/mol. The third-order valence-electron chi connectivity index (χ3n) is 6.31. The highest BCUT2D eigenvalue weighted by Crippen LogP contribution is 2.33. The maximum Gasteiger partial charge on any atom is 0.238 e. The van der Waals surface area contributed by atoms with E-state index in [4.69, 9.17) is 5.14 Å². The summed E-state index contributed by atoms with van der Waals surface area (Å²) >= 11 is 0. The number of hydrogen-bond acceptors (Lipinski definition) is 4. The van der Waals surface area contributed by atoms with E-state index in [-0.39, 0.29) is 16.7 Å². The van der Waals surface area contributed by atoms with Crippen molar-refractivity contribution < 1.29 is 13.2 Å². The second-order valence-corrected chi connectivity index (χ2v) is 10.0. The zero-order valence-corrected chi connectivity index (χ0v) is 17.9. The standard InChI is InChI=1S/C23H29N3O3S/c24-30(28,29)21-9-3-5-17(13-21)14-25-23(27)20-11-12-26(16-20)15-19-8-4-7-18-6-1-2-10-22(18)19/h1-3,5-6,9-10,13,19-20H,4,7-8,11-12,14-16H2,(H,25,27)(H2,24,28,29)/t19-,20+/m0/s1. The molecule has 2 aromatic carbocycles. The van der Waals surface area contributed by atoms with Crippen LogP contribution in [0.1, 0.15) is 41.9 Å². The molecule has 3 N–H and O–H groups in total. The number of nitrogens with one attached hydrogen (secondary N) is 1. The van der Waals surface area contributed by atoms with Crippen LogP contribution in [0.5, 0.6) is 0 Å². The average Bonchev–Trinajstić information content (AvgIpc) is 3.21. The first-order valence-electron chi connectivity index (χ1n) is 10.6. The summed E-state index contributed by atoms with van der Waals surface area (Å²) in [5.74, 6) is 0.561. The van der Waals surface area contributed by atoms with Crippen LogP contribution in [0, 0.1) is 5.92 Å². The second kappa shape index (κ2) is 8.88. The number of sulfonamides is 1. The predicted molar refractivity (Wildman–Crippen MR) is 116 cm³/mol. The Bertz CT molecular complexity index is 1020. The number of likely N-dealkylation sites (tertiary alicyclic amines) is 1. The molecule has 1 fully saturated rings. The van der Waals surface area contributed by atoms with E-state index in [0.29, 0.717) is 12.5 Å². The van der Waals surface area contributed by atoms with E-state index < -0.39 is 10.0 Å². The van der Waals surface area contributed by atoms with Crippen molar-refractivity contribution in [1.29, 1.82) is 0 Å². The SMILES string of the molecule is NS(=O)(=O)c1cccc(CNC(=O)[C@@H]2CCN(C[C@@H]3CCCc4ccccc43)C2)c1. The molecule has 4 rings (SSSR count). The number of fused-ring (bicyclic) bond motifs is 1. The van der Waals surface area contributed by atoms with Crippen LogP contribution in [0.2, 0.25) is 0 Å². The first-order chi connectivity index (χ1) is 14.4. The van der Waals surface area contributed by atoms with Gasteiger partial charge in [0.1, 0.15) is 0 Å². The Hall–Kier alpha value is -2.22. The molecule has 0 radical (unpaired) electrons. The molecule has 2 aromatic rings.